The van der Waals surface area contributed by atoms with E-state index in [0.29, 0.717) is 0 Å². The minimum absolute atomic E-state index is 0.00463. The molecule has 4 N–H and O–H groups in total. The molecule has 0 saturated carbocycles. The van der Waals surface area contributed by atoms with Gasteiger partial charge in [-0.3, -0.25) is 0 Å². The predicted octanol–water partition coefficient (Wildman–Crippen LogP) is -1.07. The molecule has 52 valence electrons. The van der Waals surface area contributed by atoms with Gasteiger partial charge in [0.25, 0.3) is 0 Å². The average molecular weight is 145 g/mol. The van der Waals surface area contributed by atoms with Crippen molar-refractivity contribution in [3.63, 3.8) is 0 Å². The molecule has 0 fully saturated rings. The topological polar surface area (TPSA) is 66.5 Å². The highest BCUT2D eigenvalue weighted by Crippen LogP contribution is 2.02. The third-order valence-corrected chi connectivity index (χ3v) is 3.27. The number of rotatable bonds is 2. The fourth-order valence-corrected chi connectivity index (χ4v) is 0.934. The van der Waals surface area contributed by atoms with E-state index in [4.69, 9.17) is 21.7 Å². The molecule has 1 unspecified atom stereocenters. The molecule has 1 atom stereocenters. The van der Waals surface area contributed by atoms with Crippen molar-refractivity contribution < 1.29 is 9.59 Å². The minimum Gasteiger partial charge on any atom is -0.409 e. The summed E-state index contributed by atoms with van der Waals surface area (Å²) in [7, 11) is -3.24. The Kier molecular flexibility index (Phi) is 2.87. The lowest BCUT2D eigenvalue weighted by Crippen LogP contribution is -2.51. The van der Waals surface area contributed by atoms with Crippen LogP contribution in [0.2, 0.25) is 6.04 Å². The van der Waals surface area contributed by atoms with Gasteiger partial charge in [-0.1, -0.05) is 0 Å². The van der Waals surface area contributed by atoms with E-state index in [0.717, 1.165) is 0 Å². The molecule has 0 saturated heterocycles. The smallest absolute Gasteiger partial charge is 0.362 e. The molecule has 4 heteroatoms. The van der Waals surface area contributed by atoms with Crippen LogP contribution in [0, 0.1) is 12.3 Å². The van der Waals surface area contributed by atoms with E-state index >= 15 is 0 Å². The monoisotopic (exact) mass is 145 g/mol. The standard InChI is InChI=1S/C5H11NO2Si/c1-3-4-9(7,8)5(2)6/h1,5,7-8H,4,6H2,2H3. The Morgan fingerprint density at radius 1 is 1.78 bits per heavy atom. The van der Waals surface area contributed by atoms with Gasteiger partial charge in [0.05, 0.1) is 6.04 Å². The average Bonchev–Trinajstić information content (AvgIpc) is 1.65. The highest BCUT2D eigenvalue weighted by molar-refractivity contribution is 6.66. The van der Waals surface area contributed by atoms with E-state index in [9.17, 15) is 0 Å². The van der Waals surface area contributed by atoms with Gasteiger partial charge in [0.15, 0.2) is 0 Å². The van der Waals surface area contributed by atoms with Gasteiger partial charge in [0.1, 0.15) is 0 Å². The maximum atomic E-state index is 9.02. The second-order valence-corrected chi connectivity index (χ2v) is 5.07. The molecule has 0 aliphatic carbocycles. The highest BCUT2D eigenvalue weighted by atomic mass is 28.4. The summed E-state index contributed by atoms with van der Waals surface area (Å²) in [6.07, 6.45) is 4.86. The van der Waals surface area contributed by atoms with Gasteiger partial charge in [-0.15, -0.1) is 12.3 Å². The van der Waals surface area contributed by atoms with Crippen LogP contribution in [0.1, 0.15) is 6.92 Å². The van der Waals surface area contributed by atoms with Gasteiger partial charge in [-0.2, -0.15) is 0 Å². The summed E-state index contributed by atoms with van der Waals surface area (Å²) in [4.78, 5) is 18.0. The third-order valence-electron chi connectivity index (χ3n) is 1.09. The first-order chi connectivity index (χ1) is 4.00. The van der Waals surface area contributed by atoms with E-state index in [1.807, 2.05) is 0 Å². The largest absolute Gasteiger partial charge is 0.409 e. The molecule has 9 heavy (non-hydrogen) atoms. The van der Waals surface area contributed by atoms with Crippen LogP contribution in [-0.2, 0) is 0 Å². The summed E-state index contributed by atoms with van der Waals surface area (Å²) in [6.45, 7) is 1.55. The van der Waals surface area contributed by atoms with Crippen molar-refractivity contribution in [1.29, 1.82) is 0 Å². The van der Waals surface area contributed by atoms with Gasteiger partial charge >= 0.3 is 8.56 Å². The Hall–Kier alpha value is -0.343. The van der Waals surface area contributed by atoms with E-state index in [1.165, 1.54) is 0 Å². The van der Waals surface area contributed by atoms with E-state index in [-0.39, 0.29) is 6.04 Å². The molecule has 0 aromatic heterocycles. The highest BCUT2D eigenvalue weighted by Gasteiger charge is 2.32. The van der Waals surface area contributed by atoms with Crippen molar-refractivity contribution in [2.45, 2.75) is 18.6 Å². The second-order valence-electron chi connectivity index (χ2n) is 2.05. The number of hydrogen-bond donors (Lipinski definition) is 3. The summed E-state index contributed by atoms with van der Waals surface area (Å²) < 4.78 is 0. The van der Waals surface area contributed by atoms with E-state index in [2.05, 4.69) is 5.92 Å². The Morgan fingerprint density at radius 2 is 2.22 bits per heavy atom. The van der Waals surface area contributed by atoms with Crippen molar-refractivity contribution in [3.05, 3.63) is 0 Å². The van der Waals surface area contributed by atoms with Crippen molar-refractivity contribution in [3.8, 4) is 12.3 Å². The summed E-state index contributed by atoms with van der Waals surface area (Å²) >= 11 is 0. The molecule has 0 radical (unpaired) electrons. The lowest BCUT2D eigenvalue weighted by molar-refractivity contribution is 0.349. The van der Waals surface area contributed by atoms with Crippen LogP contribution in [0.4, 0.5) is 0 Å². The lowest BCUT2D eigenvalue weighted by atomic mass is 10.8. The summed E-state index contributed by atoms with van der Waals surface area (Å²) in [5.41, 5.74) is 4.65. The SMILES string of the molecule is C#CC[Si](O)(O)C(C)N. The molecule has 0 aromatic rings. The van der Waals surface area contributed by atoms with Gasteiger partial charge in [0.2, 0.25) is 0 Å². The Bertz CT molecular complexity index is 127. The van der Waals surface area contributed by atoms with Crippen molar-refractivity contribution in [2.75, 3.05) is 0 Å². The number of hydrogen-bond acceptors (Lipinski definition) is 3. The zero-order valence-electron chi connectivity index (χ0n) is 5.33. The molecule has 0 heterocycles. The maximum absolute atomic E-state index is 9.02. The molecular formula is C5H11NO2Si. The van der Waals surface area contributed by atoms with Crippen LogP contribution in [0.25, 0.3) is 0 Å². The van der Waals surface area contributed by atoms with Crippen LogP contribution in [0.15, 0.2) is 0 Å². The van der Waals surface area contributed by atoms with Gasteiger partial charge < -0.3 is 15.3 Å². The molecule has 0 bridgehead atoms. The molecule has 0 aliphatic heterocycles. The Balaban J connectivity index is 3.89. The van der Waals surface area contributed by atoms with Crippen LogP contribution in [0.3, 0.4) is 0 Å². The van der Waals surface area contributed by atoms with Crippen LogP contribution < -0.4 is 5.73 Å². The van der Waals surface area contributed by atoms with Crippen LogP contribution in [0.5, 0.6) is 0 Å². The molecule has 0 amide bonds. The van der Waals surface area contributed by atoms with Gasteiger partial charge in [-0.05, 0) is 6.92 Å². The Labute approximate surface area is 55.8 Å². The van der Waals surface area contributed by atoms with Crippen LogP contribution >= 0.6 is 0 Å². The second kappa shape index (κ2) is 2.99. The summed E-state index contributed by atoms with van der Waals surface area (Å²) in [5.74, 6) is 2.17. The lowest BCUT2D eigenvalue weighted by Gasteiger charge is -2.18. The molecule has 0 rings (SSSR count). The minimum atomic E-state index is -3.24. The first-order valence-corrected chi connectivity index (χ1v) is 4.82. The summed E-state index contributed by atoms with van der Waals surface area (Å²) in [5, 5.41) is 0. The van der Waals surface area contributed by atoms with Crippen molar-refractivity contribution in [2.24, 2.45) is 5.73 Å². The Morgan fingerprint density at radius 3 is 2.33 bits per heavy atom. The molecular weight excluding hydrogens is 134 g/mol. The van der Waals surface area contributed by atoms with Crippen molar-refractivity contribution in [1.82, 2.24) is 0 Å². The third kappa shape index (κ3) is 2.63. The quantitative estimate of drug-likeness (QED) is 0.342. The normalized spacial score (nSPS) is 14.6. The van der Waals surface area contributed by atoms with Gasteiger partial charge in [0, 0.05) is 5.67 Å². The predicted molar refractivity (Wildman–Crippen MR) is 37.5 cm³/mol. The first-order valence-electron chi connectivity index (χ1n) is 2.64. The summed E-state index contributed by atoms with van der Waals surface area (Å²) in [6, 6.07) is 0.00463. The molecule has 0 aromatic carbocycles. The maximum Gasteiger partial charge on any atom is 0.362 e. The zero-order valence-corrected chi connectivity index (χ0v) is 6.33. The molecule has 0 spiro atoms. The number of terminal acetylenes is 1. The van der Waals surface area contributed by atoms with E-state index in [1.54, 1.807) is 6.92 Å². The fourth-order valence-electron chi connectivity index (χ4n) is 0.311. The van der Waals surface area contributed by atoms with E-state index < -0.39 is 14.2 Å². The molecule has 3 nitrogen and oxygen atoms in total. The zero-order chi connectivity index (χ0) is 7.49. The van der Waals surface area contributed by atoms with Gasteiger partial charge in [-0.25, -0.2) is 0 Å². The van der Waals surface area contributed by atoms with Crippen LogP contribution in [-0.4, -0.2) is 23.8 Å². The fraction of sp³-hybridized carbons (Fsp3) is 0.600. The van der Waals surface area contributed by atoms with Crippen molar-refractivity contribution >= 4 is 8.56 Å². The first kappa shape index (κ1) is 8.66. The number of nitrogens with two attached hydrogens (primary N) is 1. The molecule has 0 aliphatic rings.